The molecular weight excluding hydrogens is 268 g/mol. The Morgan fingerprint density at radius 2 is 2.06 bits per heavy atom. The molecule has 0 spiro atoms. The van der Waals surface area contributed by atoms with Crippen molar-refractivity contribution < 1.29 is 13.5 Å². The minimum absolute atomic E-state index is 0.0296. The van der Waals surface area contributed by atoms with Crippen LogP contribution in [-0.2, 0) is 16.3 Å². The average molecular weight is 281 g/mol. The van der Waals surface area contributed by atoms with Crippen LogP contribution in [0.25, 0.3) is 0 Å². The van der Waals surface area contributed by atoms with Gasteiger partial charge in [0, 0.05) is 17.8 Å². The summed E-state index contributed by atoms with van der Waals surface area (Å²) in [6.45, 7) is -0.0296. The molecule has 0 atom stereocenters. The fourth-order valence-corrected chi connectivity index (χ4v) is 3.93. The zero-order valence-corrected chi connectivity index (χ0v) is 11.4. The van der Waals surface area contributed by atoms with E-state index >= 15 is 0 Å². The lowest BCUT2D eigenvalue weighted by Crippen LogP contribution is -2.02. The Bertz CT molecular complexity index is 483. The minimum Gasteiger partial charge on any atom is -0.396 e. The lowest BCUT2D eigenvalue weighted by Gasteiger charge is -2.10. The molecule has 0 saturated carbocycles. The van der Waals surface area contributed by atoms with Crippen molar-refractivity contribution in [3.05, 3.63) is 22.7 Å². The smallest absolute Gasteiger partial charge is 0.176 e. The Morgan fingerprint density at radius 1 is 1.44 bits per heavy atom. The van der Waals surface area contributed by atoms with Crippen LogP contribution in [-0.4, -0.2) is 32.6 Å². The predicted octanol–water partition coefficient (Wildman–Crippen LogP) is 2.00. The molecule has 0 aromatic heterocycles. The first-order valence-corrected chi connectivity index (χ1v) is 8.07. The van der Waals surface area contributed by atoms with Crippen LogP contribution in [0, 0.1) is 0 Å². The van der Waals surface area contributed by atoms with Gasteiger partial charge in [0.15, 0.2) is 9.84 Å². The number of halogens is 1. The summed E-state index contributed by atoms with van der Waals surface area (Å²) in [5.74, 6) is 0. The van der Waals surface area contributed by atoms with Gasteiger partial charge in [0.2, 0.25) is 0 Å². The number of rotatable bonds is 4. The fourth-order valence-electron chi connectivity index (χ4n) is 1.37. The summed E-state index contributed by atoms with van der Waals surface area (Å²) in [7, 11) is -3.30. The lowest BCUT2D eigenvalue weighted by molar-refractivity contribution is 0.299. The Morgan fingerprint density at radius 3 is 2.50 bits per heavy atom. The molecule has 0 aliphatic heterocycles. The fraction of sp³-hybridized carbons (Fsp3) is 0.400. The molecule has 1 N–H and O–H groups in total. The zero-order valence-electron chi connectivity index (χ0n) is 9.03. The molecule has 3 nitrogen and oxygen atoms in total. The van der Waals surface area contributed by atoms with E-state index in [4.69, 9.17) is 16.7 Å². The van der Waals surface area contributed by atoms with Crippen LogP contribution in [0.1, 0.15) is 5.56 Å². The molecule has 90 valence electrons. The molecule has 0 aliphatic rings. The first-order valence-electron chi connectivity index (χ1n) is 4.57. The molecule has 0 aliphatic carbocycles. The van der Waals surface area contributed by atoms with Gasteiger partial charge in [-0.15, -0.1) is 11.8 Å². The first kappa shape index (κ1) is 13.8. The topological polar surface area (TPSA) is 54.4 Å². The minimum atomic E-state index is -3.30. The molecule has 16 heavy (non-hydrogen) atoms. The molecule has 0 heterocycles. The summed E-state index contributed by atoms with van der Waals surface area (Å²) in [6.07, 6.45) is 3.33. The maximum Gasteiger partial charge on any atom is 0.176 e. The highest BCUT2D eigenvalue weighted by molar-refractivity contribution is 7.99. The highest BCUT2D eigenvalue weighted by Crippen LogP contribution is 2.33. The maximum atomic E-state index is 11.6. The molecule has 0 fully saturated rings. The predicted molar refractivity (Wildman–Crippen MR) is 67.1 cm³/mol. The summed E-state index contributed by atoms with van der Waals surface area (Å²) in [5, 5.41) is 9.25. The van der Waals surface area contributed by atoms with Gasteiger partial charge in [-0.2, -0.15) is 0 Å². The van der Waals surface area contributed by atoms with Crippen LogP contribution in [0.4, 0.5) is 0 Å². The van der Waals surface area contributed by atoms with E-state index in [0.29, 0.717) is 16.3 Å². The van der Waals surface area contributed by atoms with Crippen molar-refractivity contribution in [1.82, 2.24) is 0 Å². The van der Waals surface area contributed by atoms with Crippen molar-refractivity contribution in [2.75, 3.05) is 19.1 Å². The van der Waals surface area contributed by atoms with Crippen molar-refractivity contribution in [3.63, 3.8) is 0 Å². The number of hydrogen-bond donors (Lipinski definition) is 1. The molecule has 6 heteroatoms. The van der Waals surface area contributed by atoms with Crippen molar-refractivity contribution >= 4 is 33.2 Å². The summed E-state index contributed by atoms with van der Waals surface area (Å²) in [6, 6.07) is 3.27. The van der Waals surface area contributed by atoms with Gasteiger partial charge >= 0.3 is 0 Å². The highest BCUT2D eigenvalue weighted by Gasteiger charge is 2.17. The number of sulfone groups is 1. The number of aliphatic hydroxyl groups excluding tert-OH is 1. The van der Waals surface area contributed by atoms with Crippen LogP contribution >= 0.6 is 23.4 Å². The third-order valence-electron chi connectivity index (χ3n) is 2.07. The Labute approximate surface area is 105 Å². The molecule has 0 radical (unpaired) electrons. The number of thioether (sulfide) groups is 1. The zero-order chi connectivity index (χ0) is 12.3. The molecule has 1 rings (SSSR count). The Hall–Kier alpha value is -0.230. The van der Waals surface area contributed by atoms with Gasteiger partial charge in [-0.1, -0.05) is 11.6 Å². The first-order chi connectivity index (χ1) is 7.40. The van der Waals surface area contributed by atoms with Crippen LogP contribution in [0.15, 0.2) is 21.9 Å². The number of hydrogen-bond acceptors (Lipinski definition) is 4. The molecule has 0 unspecified atom stereocenters. The van der Waals surface area contributed by atoms with Crippen LogP contribution < -0.4 is 0 Å². The van der Waals surface area contributed by atoms with Gasteiger partial charge in [-0.3, -0.25) is 0 Å². The van der Waals surface area contributed by atoms with Gasteiger partial charge in [0.05, 0.1) is 9.92 Å². The summed E-state index contributed by atoms with van der Waals surface area (Å²) in [4.78, 5) is 0.793. The average Bonchev–Trinajstić information content (AvgIpc) is 2.16. The second-order valence-electron chi connectivity index (χ2n) is 3.35. The molecule has 1 aromatic carbocycles. The van der Waals surface area contributed by atoms with Crippen molar-refractivity contribution in [3.8, 4) is 0 Å². The van der Waals surface area contributed by atoms with Gasteiger partial charge in [0.25, 0.3) is 0 Å². The third-order valence-corrected chi connectivity index (χ3v) is 4.58. The molecular formula is C10H13ClO3S2. The van der Waals surface area contributed by atoms with Crippen molar-refractivity contribution in [1.29, 1.82) is 0 Å². The van der Waals surface area contributed by atoms with Gasteiger partial charge in [-0.05, 0) is 30.4 Å². The van der Waals surface area contributed by atoms with E-state index in [9.17, 15) is 8.42 Å². The SMILES string of the molecule is CSc1c(Cl)cc(CCO)cc1S(C)(=O)=O. The summed E-state index contributed by atoms with van der Waals surface area (Å²) < 4.78 is 23.2. The number of aliphatic hydroxyl groups is 1. The molecule has 0 bridgehead atoms. The standard InChI is InChI=1S/C10H13ClO3S2/c1-15-10-8(11)5-7(3-4-12)6-9(10)16(2,13)14/h5-6,12H,3-4H2,1-2H3. The lowest BCUT2D eigenvalue weighted by atomic mass is 10.2. The summed E-state index contributed by atoms with van der Waals surface area (Å²) in [5.41, 5.74) is 0.728. The van der Waals surface area contributed by atoms with Crippen LogP contribution in [0.2, 0.25) is 5.02 Å². The van der Waals surface area contributed by atoms with Crippen LogP contribution in [0.5, 0.6) is 0 Å². The van der Waals surface area contributed by atoms with E-state index in [0.717, 1.165) is 11.8 Å². The van der Waals surface area contributed by atoms with E-state index in [1.807, 2.05) is 0 Å². The van der Waals surface area contributed by atoms with E-state index < -0.39 is 9.84 Å². The van der Waals surface area contributed by atoms with E-state index in [2.05, 4.69) is 0 Å². The van der Waals surface area contributed by atoms with E-state index in [1.165, 1.54) is 11.8 Å². The Kier molecular flexibility index (Phi) is 4.67. The highest BCUT2D eigenvalue weighted by atomic mass is 35.5. The second kappa shape index (κ2) is 5.40. The van der Waals surface area contributed by atoms with E-state index in [1.54, 1.807) is 18.4 Å². The second-order valence-corrected chi connectivity index (χ2v) is 6.56. The van der Waals surface area contributed by atoms with Crippen LogP contribution in [0.3, 0.4) is 0 Å². The quantitative estimate of drug-likeness (QED) is 0.857. The molecule has 0 amide bonds. The molecule has 0 saturated heterocycles. The monoisotopic (exact) mass is 280 g/mol. The number of benzene rings is 1. The maximum absolute atomic E-state index is 11.6. The summed E-state index contributed by atoms with van der Waals surface area (Å²) >= 11 is 7.31. The van der Waals surface area contributed by atoms with Crippen molar-refractivity contribution in [2.45, 2.75) is 16.2 Å². The third kappa shape index (κ3) is 3.13. The van der Waals surface area contributed by atoms with Gasteiger partial charge in [0.1, 0.15) is 0 Å². The normalized spacial score (nSPS) is 11.8. The van der Waals surface area contributed by atoms with Gasteiger partial charge in [-0.25, -0.2) is 8.42 Å². The molecule has 1 aromatic rings. The van der Waals surface area contributed by atoms with E-state index in [-0.39, 0.29) is 11.5 Å². The Balaban J connectivity index is 3.43. The van der Waals surface area contributed by atoms with Crippen molar-refractivity contribution in [2.24, 2.45) is 0 Å². The van der Waals surface area contributed by atoms with Gasteiger partial charge < -0.3 is 5.11 Å². The largest absolute Gasteiger partial charge is 0.396 e.